The van der Waals surface area contributed by atoms with E-state index in [0.29, 0.717) is 0 Å². The van der Waals surface area contributed by atoms with Gasteiger partial charge in [-0.2, -0.15) is 0 Å². The van der Waals surface area contributed by atoms with Crippen molar-refractivity contribution in [1.82, 2.24) is 16.0 Å². The zero-order chi connectivity index (χ0) is 36.1. The molecule has 0 fully saturated rings. The lowest BCUT2D eigenvalue weighted by Gasteiger charge is -2.28. The van der Waals surface area contributed by atoms with E-state index in [1.165, 1.54) is 0 Å². The predicted octanol–water partition coefficient (Wildman–Crippen LogP) is 5.34. The summed E-state index contributed by atoms with van der Waals surface area (Å²) in [6, 6.07) is 29.2. The third kappa shape index (κ3) is 11.0. The number of carbonyl (C=O) groups excluding carboxylic acids is 4. The number of azide groups is 1. The highest BCUT2D eigenvalue weighted by Gasteiger charge is 2.30. The standard InChI is InChI=1S/C38H41N7O5/c1-38(2,3)43-36(48)29-16-10-11-17-33(29)50-24-32(44-45-40)30(22-25-12-6-4-7-13-25)41-37(49)31(23-34(39)46)42-35(47)28-20-18-27(19-21-28)26-14-8-5-9-15-26/h4-21,30-32H,22-24H2,1-3H3,(H2,39,46)(H,41,49)(H,42,47)(H,43,48)/t30-,31-,32+/m0/s1. The van der Waals surface area contributed by atoms with Gasteiger partial charge in [-0.3, -0.25) is 19.2 Å². The summed E-state index contributed by atoms with van der Waals surface area (Å²) < 4.78 is 6.06. The van der Waals surface area contributed by atoms with Gasteiger partial charge < -0.3 is 26.4 Å². The highest BCUT2D eigenvalue weighted by molar-refractivity contribution is 5.99. The van der Waals surface area contributed by atoms with Gasteiger partial charge in [0.25, 0.3) is 11.8 Å². The molecular formula is C38H41N7O5. The molecule has 0 aliphatic rings. The largest absolute Gasteiger partial charge is 0.492 e. The molecule has 4 aromatic rings. The predicted molar refractivity (Wildman–Crippen MR) is 191 cm³/mol. The van der Waals surface area contributed by atoms with Crippen LogP contribution in [0.25, 0.3) is 21.6 Å². The Balaban J connectivity index is 1.55. The number of amides is 4. The van der Waals surface area contributed by atoms with Crippen molar-refractivity contribution in [3.8, 4) is 16.9 Å². The molecule has 50 heavy (non-hydrogen) atoms. The summed E-state index contributed by atoms with van der Waals surface area (Å²) in [5.41, 5.74) is 17.8. The number of nitrogens with two attached hydrogens (primary N) is 1. The van der Waals surface area contributed by atoms with Gasteiger partial charge in [0.2, 0.25) is 11.8 Å². The smallest absolute Gasteiger partial charge is 0.255 e. The van der Waals surface area contributed by atoms with Crippen LogP contribution in [0, 0.1) is 0 Å². The second-order valence-corrected chi connectivity index (χ2v) is 12.7. The fraction of sp³-hybridized carbons (Fsp3) is 0.263. The first-order chi connectivity index (χ1) is 23.9. The van der Waals surface area contributed by atoms with Crippen LogP contribution in [0.3, 0.4) is 0 Å². The van der Waals surface area contributed by atoms with E-state index in [4.69, 9.17) is 10.5 Å². The molecule has 0 bridgehead atoms. The Bertz CT molecular complexity index is 1820. The van der Waals surface area contributed by atoms with Crippen molar-refractivity contribution in [2.75, 3.05) is 6.61 Å². The molecule has 0 aliphatic carbocycles. The number of hydrogen-bond acceptors (Lipinski definition) is 6. The van der Waals surface area contributed by atoms with Gasteiger partial charge in [0.1, 0.15) is 11.8 Å². The van der Waals surface area contributed by atoms with E-state index in [1.807, 2.05) is 81.4 Å². The Labute approximate surface area is 291 Å². The Morgan fingerprint density at radius 1 is 0.800 bits per heavy atom. The first-order valence-electron chi connectivity index (χ1n) is 16.1. The second kappa shape index (κ2) is 17.3. The van der Waals surface area contributed by atoms with Gasteiger partial charge in [0.05, 0.1) is 24.6 Å². The Morgan fingerprint density at radius 3 is 2.02 bits per heavy atom. The SMILES string of the molecule is CC(C)(C)NC(=O)c1ccccc1OC[C@@H](N=[N+]=[N-])[C@H](Cc1ccccc1)NC(=O)[C@H](CC(N)=O)NC(=O)c1ccc(-c2ccccc2)cc1. The van der Waals surface area contributed by atoms with Crippen molar-refractivity contribution in [2.45, 2.75) is 57.3 Å². The molecule has 0 heterocycles. The summed E-state index contributed by atoms with van der Waals surface area (Å²) in [5.74, 6) is -2.17. The number of carbonyl (C=O) groups is 4. The van der Waals surface area contributed by atoms with Gasteiger partial charge >= 0.3 is 0 Å². The van der Waals surface area contributed by atoms with Crippen molar-refractivity contribution in [3.05, 3.63) is 136 Å². The minimum atomic E-state index is -1.33. The highest BCUT2D eigenvalue weighted by atomic mass is 16.5. The molecule has 0 aromatic heterocycles. The summed E-state index contributed by atoms with van der Waals surface area (Å²) in [6.45, 7) is 5.37. The molecular weight excluding hydrogens is 634 g/mol. The van der Waals surface area contributed by atoms with E-state index in [-0.39, 0.29) is 35.8 Å². The molecule has 0 saturated heterocycles. The number of benzene rings is 4. The van der Waals surface area contributed by atoms with Crippen LogP contribution < -0.4 is 26.4 Å². The third-order valence-corrected chi connectivity index (χ3v) is 7.60. The summed E-state index contributed by atoms with van der Waals surface area (Å²) in [4.78, 5) is 55.1. The molecule has 0 unspecified atom stereocenters. The van der Waals surface area contributed by atoms with E-state index in [0.717, 1.165) is 16.7 Å². The van der Waals surface area contributed by atoms with E-state index in [2.05, 4.69) is 26.0 Å². The van der Waals surface area contributed by atoms with E-state index in [9.17, 15) is 24.7 Å². The minimum Gasteiger partial charge on any atom is -0.492 e. The van der Waals surface area contributed by atoms with Gasteiger partial charge in [-0.05, 0) is 73.7 Å². The van der Waals surface area contributed by atoms with Gasteiger partial charge in [0, 0.05) is 22.1 Å². The number of para-hydroxylation sites is 1. The molecule has 0 aliphatic heterocycles. The highest BCUT2D eigenvalue weighted by Crippen LogP contribution is 2.22. The summed E-state index contributed by atoms with van der Waals surface area (Å²) in [6.07, 6.45) is -0.263. The third-order valence-electron chi connectivity index (χ3n) is 7.60. The van der Waals surface area contributed by atoms with Crippen molar-refractivity contribution in [3.63, 3.8) is 0 Å². The first-order valence-corrected chi connectivity index (χ1v) is 16.1. The Hall–Kier alpha value is -6.13. The second-order valence-electron chi connectivity index (χ2n) is 12.7. The number of nitrogens with one attached hydrogen (secondary N) is 3. The number of ether oxygens (including phenoxy) is 1. The number of nitrogens with zero attached hydrogens (tertiary/aromatic N) is 3. The summed E-state index contributed by atoms with van der Waals surface area (Å²) >= 11 is 0. The van der Waals surface area contributed by atoms with Crippen LogP contribution in [0.4, 0.5) is 0 Å². The molecule has 5 N–H and O–H groups in total. The van der Waals surface area contributed by atoms with E-state index >= 15 is 0 Å². The number of rotatable bonds is 15. The van der Waals surface area contributed by atoms with Crippen LogP contribution in [-0.4, -0.2) is 53.9 Å². The zero-order valence-corrected chi connectivity index (χ0v) is 28.2. The van der Waals surface area contributed by atoms with Gasteiger partial charge in [0.15, 0.2) is 0 Å². The van der Waals surface area contributed by atoms with Crippen LogP contribution in [0.1, 0.15) is 53.5 Å². The van der Waals surface area contributed by atoms with Crippen LogP contribution >= 0.6 is 0 Å². The maximum absolute atomic E-state index is 13.8. The number of hydrogen-bond donors (Lipinski definition) is 4. The van der Waals surface area contributed by atoms with E-state index < -0.39 is 47.8 Å². The minimum absolute atomic E-state index is 0.206. The van der Waals surface area contributed by atoms with Crippen molar-refractivity contribution in [2.24, 2.45) is 10.8 Å². The molecule has 4 amide bonds. The van der Waals surface area contributed by atoms with Gasteiger partial charge in [-0.1, -0.05) is 90.0 Å². The molecule has 3 atom stereocenters. The van der Waals surface area contributed by atoms with Crippen molar-refractivity contribution < 1.29 is 23.9 Å². The Kier molecular flexibility index (Phi) is 12.7. The van der Waals surface area contributed by atoms with Gasteiger partial charge in [-0.15, -0.1) is 0 Å². The molecule has 0 saturated carbocycles. The van der Waals surface area contributed by atoms with Crippen LogP contribution in [0.2, 0.25) is 0 Å². The van der Waals surface area contributed by atoms with E-state index in [1.54, 1.807) is 48.5 Å². The number of primary amides is 1. The monoisotopic (exact) mass is 675 g/mol. The average Bonchev–Trinajstić information content (AvgIpc) is 3.09. The quantitative estimate of drug-likeness (QED) is 0.0750. The lowest BCUT2D eigenvalue weighted by atomic mass is 9.99. The molecule has 12 heteroatoms. The first kappa shape index (κ1) is 36.7. The zero-order valence-electron chi connectivity index (χ0n) is 28.2. The average molecular weight is 676 g/mol. The fourth-order valence-electron chi connectivity index (χ4n) is 5.19. The molecule has 12 nitrogen and oxygen atoms in total. The maximum atomic E-state index is 13.8. The lowest BCUT2D eigenvalue weighted by molar-refractivity contribution is -0.127. The molecule has 4 rings (SSSR count). The molecule has 4 aromatic carbocycles. The summed E-state index contributed by atoms with van der Waals surface area (Å²) in [7, 11) is 0. The van der Waals surface area contributed by atoms with Crippen LogP contribution in [-0.2, 0) is 16.0 Å². The van der Waals surface area contributed by atoms with Crippen molar-refractivity contribution in [1.29, 1.82) is 0 Å². The summed E-state index contributed by atoms with van der Waals surface area (Å²) in [5, 5.41) is 12.3. The Morgan fingerprint density at radius 2 is 1.40 bits per heavy atom. The normalized spacial score (nSPS) is 12.7. The van der Waals surface area contributed by atoms with Crippen LogP contribution in [0.15, 0.2) is 114 Å². The lowest BCUT2D eigenvalue weighted by Crippen LogP contribution is -2.54. The fourth-order valence-corrected chi connectivity index (χ4v) is 5.19. The maximum Gasteiger partial charge on any atom is 0.255 e. The van der Waals surface area contributed by atoms with Crippen LogP contribution in [0.5, 0.6) is 5.75 Å². The van der Waals surface area contributed by atoms with Crippen molar-refractivity contribution >= 4 is 23.6 Å². The molecule has 258 valence electrons. The molecule has 0 radical (unpaired) electrons. The topological polar surface area (TPSA) is 188 Å². The van der Waals surface area contributed by atoms with Gasteiger partial charge in [-0.25, -0.2) is 0 Å². The molecule has 0 spiro atoms.